The van der Waals surface area contributed by atoms with Crippen LogP contribution in [0.25, 0.3) is 0 Å². The molecule has 1 atom stereocenters. The second-order valence-corrected chi connectivity index (χ2v) is 4.73. The van der Waals surface area contributed by atoms with Gasteiger partial charge < -0.3 is 16.2 Å². The van der Waals surface area contributed by atoms with Crippen LogP contribution in [0.2, 0.25) is 0 Å². The zero-order valence-corrected chi connectivity index (χ0v) is 11.2. The van der Waals surface area contributed by atoms with Crippen molar-refractivity contribution < 1.29 is 9.50 Å². The van der Waals surface area contributed by atoms with Crippen LogP contribution in [0.3, 0.4) is 0 Å². The first kappa shape index (κ1) is 14.5. The van der Waals surface area contributed by atoms with Crippen molar-refractivity contribution in [2.45, 2.75) is 19.0 Å². The minimum absolute atomic E-state index is 0.0625. The van der Waals surface area contributed by atoms with Crippen LogP contribution >= 0.6 is 0 Å². The van der Waals surface area contributed by atoms with Crippen LogP contribution in [0, 0.1) is 5.82 Å². The molecule has 0 heterocycles. The number of hydrogen-bond acceptors (Lipinski definition) is 3. The predicted molar refractivity (Wildman–Crippen MR) is 78.9 cm³/mol. The Balaban J connectivity index is 2.06. The Morgan fingerprint density at radius 2 is 1.85 bits per heavy atom. The van der Waals surface area contributed by atoms with Crippen LogP contribution in [-0.2, 0) is 13.0 Å². The fourth-order valence-corrected chi connectivity index (χ4v) is 2.08. The highest BCUT2D eigenvalue weighted by atomic mass is 19.1. The van der Waals surface area contributed by atoms with Gasteiger partial charge in [0.1, 0.15) is 5.82 Å². The molecule has 20 heavy (non-hydrogen) atoms. The maximum Gasteiger partial charge on any atom is 0.146 e. The van der Waals surface area contributed by atoms with Crippen molar-refractivity contribution in [2.24, 2.45) is 5.73 Å². The van der Waals surface area contributed by atoms with Gasteiger partial charge in [0.05, 0.1) is 18.3 Å². The Morgan fingerprint density at radius 1 is 1.10 bits per heavy atom. The van der Waals surface area contributed by atoms with Crippen molar-refractivity contribution in [1.29, 1.82) is 0 Å². The first-order chi connectivity index (χ1) is 9.72. The Morgan fingerprint density at radius 3 is 2.45 bits per heavy atom. The monoisotopic (exact) mass is 274 g/mol. The summed E-state index contributed by atoms with van der Waals surface area (Å²) >= 11 is 0. The lowest BCUT2D eigenvalue weighted by Crippen LogP contribution is -2.26. The zero-order chi connectivity index (χ0) is 14.4. The second kappa shape index (κ2) is 7.03. The van der Waals surface area contributed by atoms with Crippen molar-refractivity contribution in [3.8, 4) is 0 Å². The molecule has 0 aliphatic rings. The van der Waals surface area contributed by atoms with Gasteiger partial charge in [0.2, 0.25) is 0 Å². The van der Waals surface area contributed by atoms with Crippen LogP contribution < -0.4 is 11.1 Å². The van der Waals surface area contributed by atoms with Crippen LogP contribution in [0.1, 0.15) is 11.1 Å². The third-order valence-corrected chi connectivity index (χ3v) is 3.17. The quantitative estimate of drug-likeness (QED) is 0.757. The molecule has 0 spiro atoms. The number of benzene rings is 2. The third kappa shape index (κ3) is 3.79. The van der Waals surface area contributed by atoms with E-state index in [4.69, 9.17) is 5.73 Å². The summed E-state index contributed by atoms with van der Waals surface area (Å²) in [5.74, 6) is -0.348. The number of hydrogen-bond donors (Lipinski definition) is 3. The molecule has 0 aliphatic heterocycles. The predicted octanol–water partition coefficient (Wildman–Crippen LogP) is 2.30. The summed E-state index contributed by atoms with van der Waals surface area (Å²) < 4.78 is 13.9. The van der Waals surface area contributed by atoms with Crippen LogP contribution in [-0.4, -0.2) is 17.8 Å². The lowest BCUT2D eigenvalue weighted by molar-refractivity contribution is 0.273. The molecule has 2 aromatic carbocycles. The topological polar surface area (TPSA) is 58.3 Å². The zero-order valence-electron chi connectivity index (χ0n) is 11.2. The van der Waals surface area contributed by atoms with E-state index in [1.165, 1.54) is 6.07 Å². The molecule has 4 N–H and O–H groups in total. The molecule has 0 saturated carbocycles. The summed E-state index contributed by atoms with van der Waals surface area (Å²) in [4.78, 5) is 0. The van der Waals surface area contributed by atoms with Crippen LogP contribution in [0.4, 0.5) is 10.1 Å². The van der Waals surface area contributed by atoms with Crippen molar-refractivity contribution in [3.63, 3.8) is 0 Å². The summed E-state index contributed by atoms with van der Waals surface area (Å²) in [6.45, 7) is 0.248. The summed E-state index contributed by atoms with van der Waals surface area (Å²) in [5.41, 5.74) is 7.70. The molecular weight excluding hydrogens is 255 g/mol. The maximum absolute atomic E-state index is 13.9. The van der Waals surface area contributed by atoms with E-state index in [1.807, 2.05) is 30.3 Å². The van der Waals surface area contributed by atoms with Gasteiger partial charge in [-0.3, -0.25) is 0 Å². The molecule has 0 fully saturated rings. The second-order valence-electron chi connectivity index (χ2n) is 4.73. The molecule has 0 radical (unpaired) electrons. The van der Waals surface area contributed by atoms with Crippen molar-refractivity contribution in [2.75, 3.05) is 11.9 Å². The average molecular weight is 274 g/mol. The van der Waals surface area contributed by atoms with E-state index in [2.05, 4.69) is 5.32 Å². The molecule has 2 rings (SSSR count). The average Bonchev–Trinajstić information content (AvgIpc) is 2.49. The lowest BCUT2D eigenvalue weighted by Gasteiger charge is -2.18. The number of aliphatic hydroxyl groups excluding tert-OH is 1. The van der Waals surface area contributed by atoms with E-state index < -0.39 is 0 Å². The Kier molecular flexibility index (Phi) is 5.09. The van der Waals surface area contributed by atoms with E-state index in [0.29, 0.717) is 18.7 Å². The van der Waals surface area contributed by atoms with Crippen molar-refractivity contribution in [3.05, 3.63) is 65.5 Å². The minimum Gasteiger partial charge on any atom is -0.394 e. The number of anilines is 1. The highest BCUT2D eigenvalue weighted by molar-refractivity contribution is 5.47. The van der Waals surface area contributed by atoms with Gasteiger partial charge >= 0.3 is 0 Å². The smallest absolute Gasteiger partial charge is 0.146 e. The van der Waals surface area contributed by atoms with Crippen molar-refractivity contribution >= 4 is 5.69 Å². The molecule has 4 heteroatoms. The molecule has 0 amide bonds. The van der Waals surface area contributed by atoms with Crippen LogP contribution in [0.15, 0.2) is 48.5 Å². The fraction of sp³-hybridized carbons (Fsp3) is 0.250. The molecule has 0 saturated heterocycles. The highest BCUT2D eigenvalue weighted by Crippen LogP contribution is 2.17. The van der Waals surface area contributed by atoms with Gasteiger partial charge in [-0.05, 0) is 29.7 Å². The first-order valence-electron chi connectivity index (χ1n) is 6.62. The van der Waals surface area contributed by atoms with Gasteiger partial charge in [0.25, 0.3) is 0 Å². The van der Waals surface area contributed by atoms with Gasteiger partial charge in [0.15, 0.2) is 0 Å². The standard InChI is InChI=1S/C16H19FN2O/c17-15-9-13(10-18)6-7-16(15)19-14(11-20)8-12-4-2-1-3-5-12/h1-7,9,14,19-20H,8,10-11,18H2. The minimum atomic E-state index is -0.348. The Bertz CT molecular complexity index is 545. The highest BCUT2D eigenvalue weighted by Gasteiger charge is 2.11. The van der Waals surface area contributed by atoms with Gasteiger partial charge in [0, 0.05) is 6.54 Å². The molecule has 2 aromatic rings. The molecule has 106 valence electrons. The number of rotatable bonds is 6. The third-order valence-electron chi connectivity index (χ3n) is 3.17. The van der Waals surface area contributed by atoms with Gasteiger partial charge in [-0.2, -0.15) is 0 Å². The van der Waals surface area contributed by atoms with Crippen LogP contribution in [0.5, 0.6) is 0 Å². The molecule has 3 nitrogen and oxygen atoms in total. The molecule has 0 aromatic heterocycles. The van der Waals surface area contributed by atoms with E-state index in [-0.39, 0.29) is 18.5 Å². The fourth-order valence-electron chi connectivity index (χ4n) is 2.08. The molecule has 0 bridgehead atoms. The molecular formula is C16H19FN2O. The summed E-state index contributed by atoms with van der Waals surface area (Å²) in [7, 11) is 0. The summed E-state index contributed by atoms with van der Waals surface area (Å²) in [6.07, 6.45) is 0.634. The summed E-state index contributed by atoms with van der Waals surface area (Å²) in [5, 5.41) is 12.5. The largest absolute Gasteiger partial charge is 0.394 e. The van der Waals surface area contributed by atoms with E-state index in [9.17, 15) is 9.50 Å². The van der Waals surface area contributed by atoms with E-state index in [1.54, 1.807) is 12.1 Å². The maximum atomic E-state index is 13.9. The van der Waals surface area contributed by atoms with Gasteiger partial charge in [-0.1, -0.05) is 36.4 Å². The Labute approximate surface area is 118 Å². The summed E-state index contributed by atoms with van der Waals surface area (Å²) in [6, 6.07) is 14.4. The molecule has 0 aliphatic carbocycles. The van der Waals surface area contributed by atoms with E-state index >= 15 is 0 Å². The number of nitrogens with one attached hydrogen (secondary N) is 1. The number of nitrogens with two attached hydrogens (primary N) is 1. The SMILES string of the molecule is NCc1ccc(NC(CO)Cc2ccccc2)c(F)c1. The van der Waals surface area contributed by atoms with Gasteiger partial charge in [-0.15, -0.1) is 0 Å². The lowest BCUT2D eigenvalue weighted by atomic mass is 10.1. The first-order valence-corrected chi connectivity index (χ1v) is 6.62. The number of halogens is 1. The normalized spacial score (nSPS) is 12.2. The van der Waals surface area contributed by atoms with Gasteiger partial charge in [-0.25, -0.2) is 4.39 Å². The number of aliphatic hydroxyl groups is 1. The van der Waals surface area contributed by atoms with Crippen molar-refractivity contribution in [1.82, 2.24) is 0 Å². The molecule has 1 unspecified atom stereocenters. The Hall–Kier alpha value is -1.91. The van der Waals surface area contributed by atoms with E-state index in [0.717, 1.165) is 11.1 Å².